The molecule has 0 spiro atoms. The van der Waals surface area contributed by atoms with Gasteiger partial charge < -0.3 is 0 Å². The van der Waals surface area contributed by atoms with Crippen LogP contribution in [-0.2, 0) is 6.67 Å². The van der Waals surface area contributed by atoms with E-state index >= 15 is 0 Å². The van der Waals surface area contributed by atoms with Crippen molar-refractivity contribution in [1.82, 2.24) is 0 Å². The van der Waals surface area contributed by atoms with Crippen LogP contribution in [0.1, 0.15) is 5.56 Å². The average molecular weight is 268 g/mol. The van der Waals surface area contributed by atoms with Gasteiger partial charge in [-0.05, 0) is 43.5 Å². The molecule has 3 heteroatoms. The SMILES string of the molecule is FCc1cccc(Br)c1Br. The van der Waals surface area contributed by atoms with Crippen LogP contribution in [0.5, 0.6) is 0 Å². The Morgan fingerprint density at radius 3 is 2.50 bits per heavy atom. The average Bonchev–Trinajstić information content (AvgIpc) is 1.95. The predicted molar refractivity (Wildman–Crippen MR) is 46.7 cm³/mol. The first-order chi connectivity index (χ1) is 4.75. The molecule has 0 bridgehead atoms. The van der Waals surface area contributed by atoms with Crippen molar-refractivity contribution in [2.45, 2.75) is 6.67 Å². The highest BCUT2D eigenvalue weighted by molar-refractivity contribution is 9.13. The van der Waals surface area contributed by atoms with Gasteiger partial charge in [0.15, 0.2) is 0 Å². The van der Waals surface area contributed by atoms with E-state index in [0.717, 1.165) is 8.95 Å². The Labute approximate surface area is 75.7 Å². The van der Waals surface area contributed by atoms with Crippen LogP contribution in [0.25, 0.3) is 0 Å². The first-order valence-corrected chi connectivity index (χ1v) is 4.33. The van der Waals surface area contributed by atoms with Gasteiger partial charge in [-0.2, -0.15) is 0 Å². The van der Waals surface area contributed by atoms with Gasteiger partial charge in [0.05, 0.1) is 0 Å². The molecule has 0 saturated carbocycles. The molecule has 1 rings (SSSR count). The van der Waals surface area contributed by atoms with Crippen LogP contribution in [-0.4, -0.2) is 0 Å². The van der Waals surface area contributed by atoms with Crippen LogP contribution < -0.4 is 0 Å². The zero-order valence-electron chi connectivity index (χ0n) is 5.07. The normalized spacial score (nSPS) is 9.90. The second kappa shape index (κ2) is 3.49. The number of alkyl halides is 1. The number of hydrogen-bond acceptors (Lipinski definition) is 0. The lowest BCUT2D eigenvalue weighted by atomic mass is 10.2. The van der Waals surface area contributed by atoms with Crippen molar-refractivity contribution in [3.8, 4) is 0 Å². The molecule has 0 aliphatic rings. The van der Waals surface area contributed by atoms with Gasteiger partial charge in [0.25, 0.3) is 0 Å². The third-order valence-electron chi connectivity index (χ3n) is 1.18. The summed E-state index contributed by atoms with van der Waals surface area (Å²) < 4.78 is 13.8. The first kappa shape index (κ1) is 8.21. The predicted octanol–water partition coefficient (Wildman–Crippen LogP) is 3.68. The van der Waals surface area contributed by atoms with E-state index in [1.165, 1.54) is 0 Å². The van der Waals surface area contributed by atoms with Crippen molar-refractivity contribution in [3.05, 3.63) is 32.7 Å². The molecular weight excluding hydrogens is 263 g/mol. The third-order valence-corrected chi connectivity index (χ3v) is 3.30. The van der Waals surface area contributed by atoms with Crippen molar-refractivity contribution < 1.29 is 4.39 Å². The molecular formula is C7H5Br2F. The molecule has 1 aromatic rings. The number of hydrogen-bond donors (Lipinski definition) is 0. The summed E-state index contributed by atoms with van der Waals surface area (Å²) in [7, 11) is 0. The largest absolute Gasteiger partial charge is 0.246 e. The molecule has 0 saturated heterocycles. The number of rotatable bonds is 1. The van der Waals surface area contributed by atoms with Gasteiger partial charge in [0.2, 0.25) is 0 Å². The maximum absolute atomic E-state index is 12.1. The maximum atomic E-state index is 12.1. The standard InChI is InChI=1S/C7H5Br2F/c8-6-3-1-2-5(4-10)7(6)9/h1-3H,4H2. The summed E-state index contributed by atoms with van der Waals surface area (Å²) in [6, 6.07) is 5.42. The van der Waals surface area contributed by atoms with E-state index in [-0.39, 0.29) is 0 Å². The van der Waals surface area contributed by atoms with E-state index in [2.05, 4.69) is 31.9 Å². The summed E-state index contributed by atoms with van der Waals surface area (Å²) in [6.07, 6.45) is 0. The molecule has 0 aliphatic heterocycles. The maximum Gasteiger partial charge on any atom is 0.116 e. The summed E-state index contributed by atoms with van der Waals surface area (Å²) >= 11 is 6.53. The smallest absolute Gasteiger partial charge is 0.116 e. The molecule has 0 aliphatic carbocycles. The van der Waals surface area contributed by atoms with E-state index in [9.17, 15) is 4.39 Å². The number of benzene rings is 1. The second-order valence-electron chi connectivity index (χ2n) is 1.85. The van der Waals surface area contributed by atoms with Crippen molar-refractivity contribution >= 4 is 31.9 Å². The fourth-order valence-electron chi connectivity index (χ4n) is 0.652. The Kier molecular flexibility index (Phi) is 2.86. The first-order valence-electron chi connectivity index (χ1n) is 2.74. The lowest BCUT2D eigenvalue weighted by Crippen LogP contribution is -1.80. The van der Waals surface area contributed by atoms with Crippen LogP contribution >= 0.6 is 31.9 Å². The molecule has 0 nitrogen and oxygen atoms in total. The molecule has 10 heavy (non-hydrogen) atoms. The lowest BCUT2D eigenvalue weighted by molar-refractivity contribution is 0.484. The van der Waals surface area contributed by atoms with Gasteiger partial charge in [0.1, 0.15) is 6.67 Å². The summed E-state index contributed by atoms with van der Waals surface area (Å²) in [6.45, 7) is -0.431. The number of halogens is 3. The summed E-state index contributed by atoms with van der Waals surface area (Å²) in [5.74, 6) is 0. The van der Waals surface area contributed by atoms with Gasteiger partial charge >= 0.3 is 0 Å². The van der Waals surface area contributed by atoms with E-state index < -0.39 is 6.67 Å². The molecule has 54 valence electrons. The van der Waals surface area contributed by atoms with Gasteiger partial charge in [-0.1, -0.05) is 12.1 Å². The second-order valence-corrected chi connectivity index (χ2v) is 3.49. The Balaban J connectivity index is 3.14. The van der Waals surface area contributed by atoms with Crippen molar-refractivity contribution in [3.63, 3.8) is 0 Å². The fourth-order valence-corrected chi connectivity index (χ4v) is 1.43. The summed E-state index contributed by atoms with van der Waals surface area (Å²) in [5, 5.41) is 0. The minimum atomic E-state index is -0.431. The molecule has 0 heterocycles. The van der Waals surface area contributed by atoms with Gasteiger partial charge in [-0.15, -0.1) is 0 Å². The van der Waals surface area contributed by atoms with Gasteiger partial charge in [-0.3, -0.25) is 0 Å². The highest BCUT2D eigenvalue weighted by atomic mass is 79.9. The Hall–Kier alpha value is 0.110. The van der Waals surface area contributed by atoms with E-state index in [4.69, 9.17) is 0 Å². The molecule has 0 fully saturated rings. The molecule has 0 radical (unpaired) electrons. The summed E-state index contributed by atoms with van der Waals surface area (Å²) in [5.41, 5.74) is 0.675. The topological polar surface area (TPSA) is 0 Å². The summed E-state index contributed by atoms with van der Waals surface area (Å²) in [4.78, 5) is 0. The molecule has 0 unspecified atom stereocenters. The Morgan fingerprint density at radius 1 is 1.30 bits per heavy atom. The van der Waals surface area contributed by atoms with Crippen molar-refractivity contribution in [1.29, 1.82) is 0 Å². The highest BCUT2D eigenvalue weighted by Gasteiger charge is 2.00. The van der Waals surface area contributed by atoms with E-state index in [1.807, 2.05) is 12.1 Å². The van der Waals surface area contributed by atoms with Crippen LogP contribution in [0.4, 0.5) is 4.39 Å². The van der Waals surface area contributed by atoms with E-state index in [1.54, 1.807) is 6.07 Å². The monoisotopic (exact) mass is 266 g/mol. The van der Waals surface area contributed by atoms with E-state index in [0.29, 0.717) is 5.56 Å². The zero-order chi connectivity index (χ0) is 7.56. The quantitative estimate of drug-likeness (QED) is 0.728. The van der Waals surface area contributed by atoms with Crippen molar-refractivity contribution in [2.24, 2.45) is 0 Å². The van der Waals surface area contributed by atoms with Crippen LogP contribution in [0, 0.1) is 0 Å². The van der Waals surface area contributed by atoms with Gasteiger partial charge in [0, 0.05) is 8.95 Å². The molecule has 0 aromatic heterocycles. The van der Waals surface area contributed by atoms with Crippen LogP contribution in [0.3, 0.4) is 0 Å². The minimum Gasteiger partial charge on any atom is -0.246 e. The highest BCUT2D eigenvalue weighted by Crippen LogP contribution is 2.26. The Bertz CT molecular complexity index is 235. The lowest BCUT2D eigenvalue weighted by Gasteiger charge is -1.99. The fraction of sp³-hybridized carbons (Fsp3) is 0.143. The van der Waals surface area contributed by atoms with Crippen LogP contribution in [0.2, 0.25) is 0 Å². The third kappa shape index (κ3) is 1.58. The van der Waals surface area contributed by atoms with Crippen molar-refractivity contribution in [2.75, 3.05) is 0 Å². The van der Waals surface area contributed by atoms with Crippen LogP contribution in [0.15, 0.2) is 27.1 Å². The minimum absolute atomic E-state index is 0.431. The molecule has 1 aromatic carbocycles. The van der Waals surface area contributed by atoms with Gasteiger partial charge in [-0.25, -0.2) is 4.39 Å². The molecule has 0 N–H and O–H groups in total. The Morgan fingerprint density at radius 2 is 2.00 bits per heavy atom. The zero-order valence-corrected chi connectivity index (χ0v) is 8.25. The molecule has 0 atom stereocenters. The molecule has 0 amide bonds.